The zero-order valence-corrected chi connectivity index (χ0v) is 11.9. The van der Waals surface area contributed by atoms with E-state index in [-0.39, 0.29) is 23.9 Å². The number of ketones is 1. The second-order valence-corrected chi connectivity index (χ2v) is 5.70. The number of Topliss-reactive ketones (excluding diaryl/α,β-unsaturated/α-hetero) is 1. The van der Waals surface area contributed by atoms with Crippen LogP contribution in [0.2, 0.25) is 0 Å². The van der Waals surface area contributed by atoms with Crippen LogP contribution < -0.4 is 0 Å². The van der Waals surface area contributed by atoms with Crippen LogP contribution in [-0.4, -0.2) is 42.0 Å². The Bertz CT molecular complexity index is 464. The van der Waals surface area contributed by atoms with Crippen molar-refractivity contribution in [3.05, 3.63) is 35.6 Å². The second kappa shape index (κ2) is 6.95. The maximum absolute atomic E-state index is 13.6. The third-order valence-corrected chi connectivity index (χ3v) is 3.98. The minimum atomic E-state index is -0.448. The quantitative estimate of drug-likeness (QED) is 0.841. The Morgan fingerprint density at radius 1 is 1.50 bits per heavy atom. The number of nitrogens with zero attached hydrogens (tertiary/aromatic N) is 1. The first-order valence-corrected chi connectivity index (χ1v) is 7.23. The van der Waals surface area contributed by atoms with E-state index in [4.69, 9.17) is 0 Å². The third-order valence-electron chi connectivity index (χ3n) is 3.98. The highest BCUT2D eigenvalue weighted by Gasteiger charge is 2.24. The molecule has 2 unspecified atom stereocenters. The SMILES string of the molecule is CC(CN1CCCC(CO)C1)C(=O)c1ccccc1F. The summed E-state index contributed by atoms with van der Waals surface area (Å²) in [6, 6.07) is 6.14. The minimum Gasteiger partial charge on any atom is -0.396 e. The summed E-state index contributed by atoms with van der Waals surface area (Å²) in [6.07, 6.45) is 2.09. The highest BCUT2D eigenvalue weighted by atomic mass is 19.1. The summed E-state index contributed by atoms with van der Waals surface area (Å²) >= 11 is 0. The van der Waals surface area contributed by atoms with E-state index in [0.29, 0.717) is 12.5 Å². The molecule has 1 saturated heterocycles. The number of aliphatic hydroxyl groups is 1. The maximum Gasteiger partial charge on any atom is 0.169 e. The van der Waals surface area contributed by atoms with E-state index >= 15 is 0 Å². The number of hydrogen-bond donors (Lipinski definition) is 1. The minimum absolute atomic E-state index is 0.144. The molecule has 0 saturated carbocycles. The van der Waals surface area contributed by atoms with Gasteiger partial charge in [0, 0.05) is 25.6 Å². The first-order valence-electron chi connectivity index (χ1n) is 7.23. The van der Waals surface area contributed by atoms with Crippen molar-refractivity contribution >= 4 is 5.78 Å². The first-order chi connectivity index (χ1) is 9.61. The zero-order valence-electron chi connectivity index (χ0n) is 11.9. The number of piperidine rings is 1. The molecule has 1 N–H and O–H groups in total. The fourth-order valence-electron chi connectivity index (χ4n) is 2.86. The van der Waals surface area contributed by atoms with Crippen molar-refractivity contribution in [2.75, 3.05) is 26.2 Å². The van der Waals surface area contributed by atoms with Gasteiger partial charge in [0.15, 0.2) is 5.78 Å². The molecule has 0 amide bonds. The molecule has 0 aromatic heterocycles. The number of hydrogen-bond acceptors (Lipinski definition) is 3. The van der Waals surface area contributed by atoms with Crippen LogP contribution in [0, 0.1) is 17.7 Å². The number of halogens is 1. The molecular weight excluding hydrogens is 257 g/mol. The fourth-order valence-corrected chi connectivity index (χ4v) is 2.86. The molecule has 0 radical (unpaired) electrons. The van der Waals surface area contributed by atoms with Crippen molar-refractivity contribution in [3.63, 3.8) is 0 Å². The van der Waals surface area contributed by atoms with Gasteiger partial charge < -0.3 is 10.0 Å². The van der Waals surface area contributed by atoms with Crippen LogP contribution in [0.15, 0.2) is 24.3 Å². The van der Waals surface area contributed by atoms with Gasteiger partial charge in [-0.1, -0.05) is 19.1 Å². The molecule has 0 bridgehead atoms. The summed E-state index contributed by atoms with van der Waals surface area (Å²) in [5.41, 5.74) is 0.177. The standard InChI is InChI=1S/C16H22FNO2/c1-12(9-18-8-4-5-13(10-18)11-19)16(20)14-6-2-3-7-15(14)17/h2-3,6-7,12-13,19H,4-5,8-11H2,1H3. The molecule has 4 heteroatoms. The van der Waals surface area contributed by atoms with E-state index < -0.39 is 5.82 Å². The average molecular weight is 279 g/mol. The molecule has 1 heterocycles. The van der Waals surface area contributed by atoms with Crippen molar-refractivity contribution in [2.45, 2.75) is 19.8 Å². The van der Waals surface area contributed by atoms with Crippen molar-refractivity contribution < 1.29 is 14.3 Å². The van der Waals surface area contributed by atoms with Gasteiger partial charge in [0.25, 0.3) is 0 Å². The van der Waals surface area contributed by atoms with E-state index in [1.165, 1.54) is 6.07 Å². The number of benzene rings is 1. The molecule has 0 spiro atoms. The number of aliphatic hydroxyl groups excluding tert-OH is 1. The van der Waals surface area contributed by atoms with Gasteiger partial charge in [0.05, 0.1) is 5.56 Å². The molecule has 110 valence electrons. The molecular formula is C16H22FNO2. The number of likely N-dealkylation sites (tertiary alicyclic amines) is 1. The Morgan fingerprint density at radius 3 is 2.95 bits per heavy atom. The van der Waals surface area contributed by atoms with Crippen LogP contribution in [0.3, 0.4) is 0 Å². The molecule has 1 aliphatic heterocycles. The largest absolute Gasteiger partial charge is 0.396 e. The Kier molecular flexibility index (Phi) is 5.26. The Balaban J connectivity index is 1.96. The van der Waals surface area contributed by atoms with E-state index in [1.54, 1.807) is 18.2 Å². The van der Waals surface area contributed by atoms with Crippen LogP contribution in [0.25, 0.3) is 0 Å². The molecule has 1 aliphatic rings. The highest BCUT2D eigenvalue weighted by molar-refractivity contribution is 5.98. The molecule has 1 aromatic rings. The lowest BCUT2D eigenvalue weighted by molar-refractivity contribution is 0.0815. The number of carbonyl (C=O) groups is 1. The summed E-state index contributed by atoms with van der Waals surface area (Å²) in [4.78, 5) is 14.5. The van der Waals surface area contributed by atoms with Crippen molar-refractivity contribution in [3.8, 4) is 0 Å². The van der Waals surface area contributed by atoms with Crippen LogP contribution in [0.5, 0.6) is 0 Å². The molecule has 20 heavy (non-hydrogen) atoms. The lowest BCUT2D eigenvalue weighted by Gasteiger charge is -2.33. The number of carbonyl (C=O) groups excluding carboxylic acids is 1. The van der Waals surface area contributed by atoms with Gasteiger partial charge in [-0.25, -0.2) is 4.39 Å². The zero-order chi connectivity index (χ0) is 14.5. The summed E-state index contributed by atoms with van der Waals surface area (Å²) in [7, 11) is 0. The summed E-state index contributed by atoms with van der Waals surface area (Å²) in [5, 5.41) is 9.22. The van der Waals surface area contributed by atoms with E-state index in [1.807, 2.05) is 6.92 Å². The molecule has 2 rings (SSSR count). The van der Waals surface area contributed by atoms with Crippen LogP contribution in [0.1, 0.15) is 30.1 Å². The predicted octanol–water partition coefficient (Wildman–Crippen LogP) is 2.35. The predicted molar refractivity (Wildman–Crippen MR) is 76.1 cm³/mol. The Labute approximate surface area is 119 Å². The smallest absolute Gasteiger partial charge is 0.169 e. The van der Waals surface area contributed by atoms with Gasteiger partial charge in [0.1, 0.15) is 5.82 Å². The topological polar surface area (TPSA) is 40.5 Å². The van der Waals surface area contributed by atoms with Gasteiger partial charge in [-0.15, -0.1) is 0 Å². The molecule has 2 atom stereocenters. The maximum atomic E-state index is 13.6. The lowest BCUT2D eigenvalue weighted by atomic mass is 9.95. The molecule has 1 fully saturated rings. The van der Waals surface area contributed by atoms with E-state index in [2.05, 4.69) is 4.90 Å². The number of rotatable bonds is 5. The first kappa shape index (κ1) is 15.1. The second-order valence-electron chi connectivity index (χ2n) is 5.70. The highest BCUT2D eigenvalue weighted by Crippen LogP contribution is 2.19. The molecule has 1 aromatic carbocycles. The summed E-state index contributed by atoms with van der Waals surface area (Å²) in [5.74, 6) is -0.519. The summed E-state index contributed by atoms with van der Waals surface area (Å²) in [6.45, 7) is 4.45. The van der Waals surface area contributed by atoms with Gasteiger partial charge in [-0.05, 0) is 37.4 Å². The van der Waals surface area contributed by atoms with Gasteiger partial charge >= 0.3 is 0 Å². The third kappa shape index (κ3) is 3.64. The van der Waals surface area contributed by atoms with Gasteiger partial charge in [0.2, 0.25) is 0 Å². The molecule has 3 nitrogen and oxygen atoms in total. The average Bonchev–Trinajstić information content (AvgIpc) is 2.47. The monoisotopic (exact) mass is 279 g/mol. The van der Waals surface area contributed by atoms with Gasteiger partial charge in [-0.3, -0.25) is 4.79 Å². The lowest BCUT2D eigenvalue weighted by Crippen LogP contribution is -2.40. The molecule has 0 aliphatic carbocycles. The Hall–Kier alpha value is -1.26. The van der Waals surface area contributed by atoms with Crippen molar-refractivity contribution in [1.29, 1.82) is 0 Å². The van der Waals surface area contributed by atoms with Crippen LogP contribution >= 0.6 is 0 Å². The van der Waals surface area contributed by atoms with E-state index in [0.717, 1.165) is 25.9 Å². The Morgan fingerprint density at radius 2 is 2.25 bits per heavy atom. The normalized spacial score (nSPS) is 21.6. The van der Waals surface area contributed by atoms with Crippen LogP contribution in [0.4, 0.5) is 4.39 Å². The fraction of sp³-hybridized carbons (Fsp3) is 0.562. The van der Waals surface area contributed by atoms with E-state index in [9.17, 15) is 14.3 Å². The van der Waals surface area contributed by atoms with Crippen LogP contribution in [-0.2, 0) is 0 Å². The summed E-state index contributed by atoms with van der Waals surface area (Å²) < 4.78 is 13.6. The van der Waals surface area contributed by atoms with Crippen molar-refractivity contribution in [1.82, 2.24) is 4.90 Å². The van der Waals surface area contributed by atoms with Gasteiger partial charge in [-0.2, -0.15) is 0 Å². The van der Waals surface area contributed by atoms with Crippen molar-refractivity contribution in [2.24, 2.45) is 11.8 Å².